The topological polar surface area (TPSA) is 87.4 Å². The fourth-order valence-corrected chi connectivity index (χ4v) is 0.871. The molecule has 1 amide bonds. The summed E-state index contributed by atoms with van der Waals surface area (Å²) in [5.74, 6) is -0.415. The van der Waals surface area contributed by atoms with E-state index in [0.29, 0.717) is 5.56 Å². The lowest BCUT2D eigenvalue weighted by atomic mass is 10.2. The van der Waals surface area contributed by atoms with Crippen LogP contribution in [-0.2, 0) is 0 Å². The van der Waals surface area contributed by atoms with E-state index in [1.54, 1.807) is 7.05 Å². The van der Waals surface area contributed by atoms with Crippen LogP contribution in [0.3, 0.4) is 0 Å². The number of nitrogen functional groups attached to an aromatic ring is 1. The fourth-order valence-electron chi connectivity index (χ4n) is 0.871. The molecule has 70 valence electrons. The van der Waals surface area contributed by atoms with Gasteiger partial charge in [0.25, 0.3) is 5.91 Å². The number of aromatic hydroxyl groups is 1. The standard InChI is InChI=1S/C8H11N3O2/c1-10-11-8(13)5-2-3-6(9)7(12)4-5/h2-4,10,12H,9H2,1H3,(H,11,13). The number of hydrogen-bond donors (Lipinski definition) is 4. The monoisotopic (exact) mass is 181 g/mol. The smallest absolute Gasteiger partial charge is 0.265 e. The van der Waals surface area contributed by atoms with Crippen molar-refractivity contribution >= 4 is 11.6 Å². The SMILES string of the molecule is CNNC(=O)c1ccc(N)c(O)c1. The molecule has 1 aromatic carbocycles. The van der Waals surface area contributed by atoms with Gasteiger partial charge in [-0.25, -0.2) is 5.43 Å². The van der Waals surface area contributed by atoms with Crippen LogP contribution in [0.4, 0.5) is 5.69 Å². The zero-order chi connectivity index (χ0) is 9.84. The van der Waals surface area contributed by atoms with E-state index in [9.17, 15) is 9.90 Å². The van der Waals surface area contributed by atoms with Crippen LogP contribution in [0.5, 0.6) is 5.75 Å². The molecule has 5 nitrogen and oxygen atoms in total. The highest BCUT2D eigenvalue weighted by Gasteiger charge is 2.05. The van der Waals surface area contributed by atoms with Crippen LogP contribution in [0.2, 0.25) is 0 Å². The lowest BCUT2D eigenvalue weighted by Crippen LogP contribution is -2.34. The third-order valence-electron chi connectivity index (χ3n) is 1.53. The van der Waals surface area contributed by atoms with Crippen LogP contribution >= 0.6 is 0 Å². The normalized spacial score (nSPS) is 9.62. The summed E-state index contributed by atoms with van der Waals surface area (Å²) < 4.78 is 0. The highest BCUT2D eigenvalue weighted by Crippen LogP contribution is 2.20. The van der Waals surface area contributed by atoms with Gasteiger partial charge in [-0.1, -0.05) is 0 Å². The molecule has 0 unspecified atom stereocenters. The molecule has 0 saturated heterocycles. The minimum atomic E-state index is -0.321. The fraction of sp³-hybridized carbons (Fsp3) is 0.125. The number of hydrazine groups is 1. The van der Waals surface area contributed by atoms with Crippen molar-refractivity contribution < 1.29 is 9.90 Å². The zero-order valence-electron chi connectivity index (χ0n) is 7.16. The van der Waals surface area contributed by atoms with E-state index in [1.807, 2.05) is 0 Å². The molecule has 0 aliphatic rings. The Morgan fingerprint density at radius 3 is 2.77 bits per heavy atom. The number of anilines is 1. The third kappa shape index (κ3) is 2.09. The summed E-state index contributed by atoms with van der Waals surface area (Å²) in [6.45, 7) is 0. The average Bonchev–Trinajstić information content (AvgIpc) is 2.10. The van der Waals surface area contributed by atoms with Gasteiger partial charge in [-0.3, -0.25) is 10.2 Å². The molecule has 0 fully saturated rings. The maximum Gasteiger partial charge on any atom is 0.265 e. The highest BCUT2D eigenvalue weighted by molar-refractivity contribution is 5.94. The van der Waals surface area contributed by atoms with Crippen molar-refractivity contribution in [3.05, 3.63) is 23.8 Å². The summed E-state index contributed by atoms with van der Waals surface area (Å²) in [5, 5.41) is 9.19. The van der Waals surface area contributed by atoms with E-state index in [2.05, 4.69) is 10.9 Å². The van der Waals surface area contributed by atoms with Crippen LogP contribution in [0, 0.1) is 0 Å². The Hall–Kier alpha value is -1.75. The summed E-state index contributed by atoms with van der Waals surface area (Å²) >= 11 is 0. The van der Waals surface area contributed by atoms with Crippen LogP contribution in [0.25, 0.3) is 0 Å². The molecule has 0 aliphatic carbocycles. The van der Waals surface area contributed by atoms with Gasteiger partial charge in [-0.15, -0.1) is 0 Å². The van der Waals surface area contributed by atoms with Gasteiger partial charge in [0.05, 0.1) is 5.69 Å². The summed E-state index contributed by atoms with van der Waals surface area (Å²) in [6, 6.07) is 4.31. The van der Waals surface area contributed by atoms with Crippen molar-refractivity contribution in [2.24, 2.45) is 0 Å². The van der Waals surface area contributed by atoms with Gasteiger partial charge in [-0.05, 0) is 18.2 Å². The summed E-state index contributed by atoms with van der Waals surface area (Å²) in [5.41, 5.74) is 10.8. The van der Waals surface area contributed by atoms with E-state index < -0.39 is 0 Å². The zero-order valence-corrected chi connectivity index (χ0v) is 7.16. The Morgan fingerprint density at radius 2 is 2.23 bits per heavy atom. The molecular weight excluding hydrogens is 170 g/mol. The molecule has 13 heavy (non-hydrogen) atoms. The van der Waals surface area contributed by atoms with Crippen molar-refractivity contribution in [2.75, 3.05) is 12.8 Å². The molecule has 0 radical (unpaired) electrons. The first-order valence-corrected chi connectivity index (χ1v) is 3.70. The Kier molecular flexibility index (Phi) is 2.71. The van der Waals surface area contributed by atoms with Crippen molar-refractivity contribution in [1.82, 2.24) is 10.9 Å². The first-order valence-electron chi connectivity index (χ1n) is 3.70. The molecule has 5 N–H and O–H groups in total. The molecule has 0 bridgehead atoms. The van der Waals surface area contributed by atoms with Crippen LogP contribution in [0.15, 0.2) is 18.2 Å². The number of phenolic OH excluding ortho intramolecular Hbond substituents is 1. The molecule has 0 heterocycles. The molecule has 1 rings (SSSR count). The predicted octanol–water partition coefficient (Wildman–Crippen LogP) is -0.161. The number of hydrogen-bond acceptors (Lipinski definition) is 4. The van der Waals surface area contributed by atoms with E-state index >= 15 is 0 Å². The largest absolute Gasteiger partial charge is 0.506 e. The van der Waals surface area contributed by atoms with Crippen LogP contribution in [0.1, 0.15) is 10.4 Å². The Bertz CT molecular complexity index is 325. The van der Waals surface area contributed by atoms with Gasteiger partial charge >= 0.3 is 0 Å². The molecule has 5 heteroatoms. The lowest BCUT2D eigenvalue weighted by molar-refractivity contribution is 0.0937. The van der Waals surface area contributed by atoms with E-state index in [1.165, 1.54) is 18.2 Å². The van der Waals surface area contributed by atoms with Gasteiger partial charge in [0, 0.05) is 12.6 Å². The van der Waals surface area contributed by atoms with Crippen molar-refractivity contribution in [3.8, 4) is 5.75 Å². The lowest BCUT2D eigenvalue weighted by Gasteiger charge is -2.04. The molecule has 0 atom stereocenters. The van der Waals surface area contributed by atoms with E-state index in [4.69, 9.17) is 5.73 Å². The van der Waals surface area contributed by atoms with Crippen molar-refractivity contribution in [3.63, 3.8) is 0 Å². The second-order valence-corrected chi connectivity index (χ2v) is 2.48. The molecule has 0 aromatic heterocycles. The highest BCUT2D eigenvalue weighted by atomic mass is 16.3. The number of carbonyl (C=O) groups excluding carboxylic acids is 1. The van der Waals surface area contributed by atoms with Gasteiger partial charge in [0.2, 0.25) is 0 Å². The average molecular weight is 181 g/mol. The number of amides is 1. The summed E-state index contributed by atoms with van der Waals surface area (Å²) in [4.78, 5) is 11.2. The first kappa shape index (κ1) is 9.34. The van der Waals surface area contributed by atoms with Gasteiger partial charge in [0.1, 0.15) is 5.75 Å². The number of nitrogens with one attached hydrogen (secondary N) is 2. The number of carbonyl (C=O) groups is 1. The number of benzene rings is 1. The predicted molar refractivity (Wildman–Crippen MR) is 49.0 cm³/mol. The maximum atomic E-state index is 11.2. The molecular formula is C8H11N3O2. The van der Waals surface area contributed by atoms with E-state index in [0.717, 1.165) is 0 Å². The Balaban J connectivity index is 2.90. The second kappa shape index (κ2) is 3.77. The molecule has 0 spiro atoms. The van der Waals surface area contributed by atoms with Gasteiger partial charge in [0.15, 0.2) is 0 Å². The minimum Gasteiger partial charge on any atom is -0.506 e. The summed E-state index contributed by atoms with van der Waals surface area (Å²) in [6.07, 6.45) is 0. The Labute approximate surface area is 75.5 Å². The third-order valence-corrected chi connectivity index (χ3v) is 1.53. The second-order valence-electron chi connectivity index (χ2n) is 2.48. The number of nitrogens with two attached hydrogens (primary N) is 1. The van der Waals surface area contributed by atoms with E-state index in [-0.39, 0.29) is 17.3 Å². The van der Waals surface area contributed by atoms with Crippen molar-refractivity contribution in [2.45, 2.75) is 0 Å². The van der Waals surface area contributed by atoms with Crippen LogP contribution < -0.4 is 16.6 Å². The van der Waals surface area contributed by atoms with Crippen LogP contribution in [-0.4, -0.2) is 18.1 Å². The minimum absolute atomic E-state index is 0.0937. The number of rotatable bonds is 2. The molecule has 0 saturated carbocycles. The van der Waals surface area contributed by atoms with Gasteiger partial charge in [-0.2, -0.15) is 0 Å². The summed E-state index contributed by atoms with van der Waals surface area (Å²) in [7, 11) is 1.58. The maximum absolute atomic E-state index is 11.2. The number of phenols is 1. The Morgan fingerprint density at radius 1 is 1.54 bits per heavy atom. The van der Waals surface area contributed by atoms with Crippen molar-refractivity contribution in [1.29, 1.82) is 0 Å². The molecule has 1 aromatic rings. The van der Waals surface area contributed by atoms with Gasteiger partial charge < -0.3 is 10.8 Å². The molecule has 0 aliphatic heterocycles. The quantitative estimate of drug-likeness (QED) is 0.290. The first-order chi connectivity index (χ1) is 6.15.